The third-order valence-corrected chi connectivity index (χ3v) is 2.24. The molecular weight excluding hydrogens is 278 g/mol. The topological polar surface area (TPSA) is 114 Å². The van der Waals surface area contributed by atoms with Crippen LogP contribution < -0.4 is 0 Å². The Labute approximate surface area is 110 Å². The molecule has 0 aliphatic rings. The fourth-order valence-electron chi connectivity index (χ4n) is 1.41. The van der Waals surface area contributed by atoms with Crippen LogP contribution in [-0.2, 0) is 11.2 Å². The molecule has 0 saturated carbocycles. The molecule has 2 heterocycles. The number of hydrogen-bond acceptors (Lipinski definition) is 6. The van der Waals surface area contributed by atoms with Gasteiger partial charge in [-0.2, -0.15) is 4.98 Å². The highest BCUT2D eigenvalue weighted by atomic mass is 19.3. The van der Waals surface area contributed by atoms with Crippen molar-refractivity contribution in [1.29, 1.82) is 0 Å². The highest BCUT2D eigenvalue weighted by Gasteiger charge is 2.20. The minimum atomic E-state index is -2.53. The molecule has 0 saturated heterocycles. The number of aromatic amines is 1. The number of nitrogens with one attached hydrogen (secondary N) is 1. The third-order valence-electron chi connectivity index (χ3n) is 2.24. The first kappa shape index (κ1) is 14.1. The van der Waals surface area contributed by atoms with Crippen molar-refractivity contribution in [1.82, 2.24) is 20.1 Å². The second-order valence-corrected chi connectivity index (χ2v) is 3.66. The molecule has 0 unspecified atom stereocenters. The van der Waals surface area contributed by atoms with E-state index < -0.39 is 19.0 Å². The molecule has 2 rings (SSSR count). The smallest absolute Gasteiger partial charge is 0.356 e. The number of nitrogens with zero attached hydrogens (tertiary/aromatic N) is 3. The van der Waals surface area contributed by atoms with Gasteiger partial charge in [-0.05, 0) is 0 Å². The van der Waals surface area contributed by atoms with Crippen LogP contribution in [0.25, 0.3) is 11.6 Å². The van der Waals surface area contributed by atoms with Crippen molar-refractivity contribution in [2.24, 2.45) is 0 Å². The summed E-state index contributed by atoms with van der Waals surface area (Å²) in [6, 6.07) is 0. The molecule has 8 nitrogen and oxygen atoms in total. The number of carboxylic acids is 1. The van der Waals surface area contributed by atoms with Crippen LogP contribution in [0.2, 0.25) is 0 Å². The number of aromatic nitrogens is 4. The minimum Gasteiger partial charge on any atom is -0.476 e. The molecule has 0 aromatic carbocycles. The molecule has 0 aliphatic heterocycles. The zero-order valence-corrected chi connectivity index (χ0v) is 10.0. The first-order valence-electron chi connectivity index (χ1n) is 5.53. The van der Waals surface area contributed by atoms with Crippen molar-refractivity contribution in [3.63, 3.8) is 0 Å². The van der Waals surface area contributed by atoms with E-state index in [1.165, 1.54) is 6.33 Å². The lowest BCUT2D eigenvalue weighted by Crippen LogP contribution is -2.07. The summed E-state index contributed by atoms with van der Waals surface area (Å²) < 4.78 is 33.2. The van der Waals surface area contributed by atoms with Gasteiger partial charge in [0.1, 0.15) is 12.3 Å². The molecular formula is C10H10F2N4O4. The Morgan fingerprint density at radius 2 is 2.35 bits per heavy atom. The molecule has 2 aromatic rings. The van der Waals surface area contributed by atoms with Gasteiger partial charge in [0, 0.05) is 6.42 Å². The molecule has 108 valence electrons. The second kappa shape index (κ2) is 6.19. The van der Waals surface area contributed by atoms with Crippen LogP contribution in [0.15, 0.2) is 10.9 Å². The predicted octanol–water partition coefficient (Wildman–Crippen LogP) is 0.982. The summed E-state index contributed by atoms with van der Waals surface area (Å²) in [5, 5.41) is 12.5. The molecule has 0 spiro atoms. The quantitative estimate of drug-likeness (QED) is 0.730. The van der Waals surface area contributed by atoms with Crippen molar-refractivity contribution in [2.75, 3.05) is 13.2 Å². The summed E-state index contributed by atoms with van der Waals surface area (Å²) >= 11 is 0. The summed E-state index contributed by atoms with van der Waals surface area (Å²) in [6.45, 7) is -0.646. The van der Waals surface area contributed by atoms with Crippen LogP contribution in [0.3, 0.4) is 0 Å². The molecule has 0 aliphatic carbocycles. The van der Waals surface area contributed by atoms with Crippen molar-refractivity contribution in [3.05, 3.63) is 17.8 Å². The average molecular weight is 288 g/mol. The molecule has 0 fully saturated rings. The normalized spacial score (nSPS) is 11.2. The highest BCUT2D eigenvalue weighted by molar-refractivity contribution is 5.91. The Morgan fingerprint density at radius 1 is 1.55 bits per heavy atom. The number of rotatable bonds is 7. The van der Waals surface area contributed by atoms with Crippen LogP contribution >= 0.6 is 0 Å². The highest BCUT2D eigenvalue weighted by Crippen LogP contribution is 2.18. The average Bonchev–Trinajstić information content (AvgIpc) is 3.02. The number of ether oxygens (including phenoxy) is 1. The number of H-pyrrole nitrogens is 1. The van der Waals surface area contributed by atoms with E-state index in [0.717, 1.165) is 0 Å². The van der Waals surface area contributed by atoms with Crippen molar-refractivity contribution >= 4 is 5.97 Å². The first-order chi connectivity index (χ1) is 9.58. The van der Waals surface area contributed by atoms with E-state index in [9.17, 15) is 13.6 Å². The SMILES string of the molecule is O=C(O)c1nc[nH]c1-c1nc(CCOCC(F)F)no1. The molecule has 0 bridgehead atoms. The van der Waals surface area contributed by atoms with Crippen LogP contribution in [0, 0.1) is 0 Å². The summed E-state index contributed by atoms with van der Waals surface area (Å²) in [7, 11) is 0. The van der Waals surface area contributed by atoms with Gasteiger partial charge in [-0.15, -0.1) is 0 Å². The molecule has 20 heavy (non-hydrogen) atoms. The van der Waals surface area contributed by atoms with Gasteiger partial charge in [0.25, 0.3) is 12.3 Å². The maximum absolute atomic E-state index is 11.8. The summed E-state index contributed by atoms with van der Waals surface area (Å²) in [4.78, 5) is 21.0. The Morgan fingerprint density at radius 3 is 3.05 bits per heavy atom. The van der Waals surface area contributed by atoms with E-state index in [1.807, 2.05) is 0 Å². The number of halogens is 2. The van der Waals surface area contributed by atoms with E-state index in [0.29, 0.717) is 0 Å². The number of carbonyl (C=O) groups is 1. The monoisotopic (exact) mass is 288 g/mol. The zero-order valence-electron chi connectivity index (χ0n) is 10.0. The number of carboxylic acid groups (broad SMARTS) is 1. The number of imidazole rings is 1. The standard InChI is InChI=1S/C10H10F2N4O4/c11-5(12)3-19-2-1-6-15-9(20-16-6)7-8(10(17)18)14-4-13-7/h4-5H,1-3H2,(H,13,14)(H,17,18). The van der Waals surface area contributed by atoms with Gasteiger partial charge in [-0.1, -0.05) is 5.16 Å². The second-order valence-electron chi connectivity index (χ2n) is 3.66. The Bertz CT molecular complexity index is 583. The van der Waals surface area contributed by atoms with Crippen LogP contribution in [0.5, 0.6) is 0 Å². The Hall–Kier alpha value is -2.36. The Kier molecular flexibility index (Phi) is 4.35. The fraction of sp³-hybridized carbons (Fsp3) is 0.400. The summed E-state index contributed by atoms with van der Waals surface area (Å²) in [5.74, 6) is -1.05. The van der Waals surface area contributed by atoms with Gasteiger partial charge in [0.15, 0.2) is 11.5 Å². The van der Waals surface area contributed by atoms with Gasteiger partial charge in [-0.3, -0.25) is 0 Å². The lowest BCUT2D eigenvalue weighted by Gasteiger charge is -1.99. The predicted molar refractivity (Wildman–Crippen MR) is 59.4 cm³/mol. The van der Waals surface area contributed by atoms with E-state index in [4.69, 9.17) is 9.63 Å². The van der Waals surface area contributed by atoms with E-state index in [2.05, 4.69) is 24.8 Å². The van der Waals surface area contributed by atoms with Crippen molar-refractivity contribution < 1.29 is 27.9 Å². The van der Waals surface area contributed by atoms with Crippen molar-refractivity contribution in [2.45, 2.75) is 12.8 Å². The number of hydrogen-bond donors (Lipinski definition) is 2. The van der Waals surface area contributed by atoms with Gasteiger partial charge >= 0.3 is 5.97 Å². The number of aromatic carboxylic acids is 1. The maximum atomic E-state index is 11.8. The summed E-state index contributed by atoms with van der Waals surface area (Å²) in [5.41, 5.74) is -0.154. The Balaban J connectivity index is 1.98. The number of alkyl halides is 2. The van der Waals surface area contributed by atoms with Crippen LogP contribution in [-0.4, -0.2) is 50.8 Å². The van der Waals surface area contributed by atoms with Gasteiger partial charge in [-0.25, -0.2) is 18.6 Å². The lowest BCUT2D eigenvalue weighted by molar-refractivity contribution is 0.0182. The molecule has 2 aromatic heterocycles. The van der Waals surface area contributed by atoms with Gasteiger partial charge in [0.2, 0.25) is 0 Å². The van der Waals surface area contributed by atoms with Crippen molar-refractivity contribution in [3.8, 4) is 11.6 Å². The van der Waals surface area contributed by atoms with E-state index >= 15 is 0 Å². The zero-order chi connectivity index (χ0) is 14.5. The van der Waals surface area contributed by atoms with Crippen LogP contribution in [0.1, 0.15) is 16.3 Å². The maximum Gasteiger partial charge on any atom is 0.356 e. The molecule has 0 amide bonds. The van der Waals surface area contributed by atoms with E-state index in [-0.39, 0.29) is 36.1 Å². The minimum absolute atomic E-state index is 0.0120. The summed E-state index contributed by atoms with van der Waals surface area (Å²) in [6.07, 6.45) is -1.17. The van der Waals surface area contributed by atoms with Gasteiger partial charge < -0.3 is 19.4 Å². The van der Waals surface area contributed by atoms with Crippen LogP contribution in [0.4, 0.5) is 8.78 Å². The lowest BCUT2D eigenvalue weighted by atomic mass is 10.3. The molecule has 2 N–H and O–H groups in total. The van der Waals surface area contributed by atoms with E-state index in [1.54, 1.807) is 0 Å². The molecule has 10 heteroatoms. The van der Waals surface area contributed by atoms with Gasteiger partial charge in [0.05, 0.1) is 12.9 Å². The molecule has 0 radical (unpaired) electrons. The third kappa shape index (κ3) is 3.35. The molecule has 0 atom stereocenters. The largest absolute Gasteiger partial charge is 0.476 e. The first-order valence-corrected chi connectivity index (χ1v) is 5.53. The fourth-order valence-corrected chi connectivity index (χ4v) is 1.41.